The smallest absolute Gasteiger partial charge is 0.242 e. The van der Waals surface area contributed by atoms with E-state index in [4.69, 9.17) is 11.6 Å². The first kappa shape index (κ1) is 18.5. The third-order valence-electron chi connectivity index (χ3n) is 5.75. The molecule has 1 amide bonds. The van der Waals surface area contributed by atoms with Gasteiger partial charge in [0.2, 0.25) is 5.91 Å². The maximum Gasteiger partial charge on any atom is 0.242 e. The molecule has 1 unspecified atom stereocenters. The third kappa shape index (κ3) is 3.17. The Balaban J connectivity index is 1.60. The second kappa shape index (κ2) is 6.95. The van der Waals surface area contributed by atoms with Gasteiger partial charge in [-0.15, -0.1) is 0 Å². The van der Waals surface area contributed by atoms with Crippen LogP contribution in [0.4, 0.5) is 0 Å². The van der Waals surface area contributed by atoms with Gasteiger partial charge < -0.3 is 9.88 Å². The van der Waals surface area contributed by atoms with E-state index in [0.717, 1.165) is 31.6 Å². The van der Waals surface area contributed by atoms with E-state index < -0.39 is 14.6 Å². The number of carbonyl (C=O) groups is 1. The number of sulfone groups is 1. The SMILES string of the molecule is O=C(NC1CCn2ccnc2C1)C1(S(=O)(=O)c2ccc(Cl)cc2)CCCC1. The monoisotopic (exact) mass is 407 g/mol. The zero-order valence-corrected chi connectivity index (χ0v) is 16.5. The lowest BCUT2D eigenvalue weighted by Gasteiger charge is -2.31. The molecule has 1 saturated carbocycles. The number of fused-ring (bicyclic) bond motifs is 1. The molecule has 1 aromatic heterocycles. The number of benzene rings is 1. The van der Waals surface area contributed by atoms with Crippen LogP contribution in [0, 0.1) is 0 Å². The van der Waals surface area contributed by atoms with Crippen LogP contribution in [-0.2, 0) is 27.6 Å². The zero-order valence-electron chi connectivity index (χ0n) is 14.9. The predicted molar refractivity (Wildman–Crippen MR) is 102 cm³/mol. The molecule has 2 heterocycles. The van der Waals surface area contributed by atoms with Gasteiger partial charge in [0.15, 0.2) is 14.6 Å². The van der Waals surface area contributed by atoms with Gasteiger partial charge in [-0.2, -0.15) is 0 Å². The number of amides is 1. The quantitative estimate of drug-likeness (QED) is 0.844. The number of aromatic nitrogens is 2. The van der Waals surface area contributed by atoms with Crippen molar-refractivity contribution >= 4 is 27.3 Å². The molecule has 2 aromatic rings. The minimum Gasteiger partial charge on any atom is -0.351 e. The normalized spacial score (nSPS) is 21.6. The molecule has 4 rings (SSSR count). The van der Waals surface area contributed by atoms with Gasteiger partial charge in [-0.05, 0) is 43.5 Å². The van der Waals surface area contributed by atoms with Crippen LogP contribution in [0.2, 0.25) is 5.02 Å². The molecule has 1 aromatic carbocycles. The molecular formula is C19H22ClN3O3S. The fourth-order valence-electron chi connectivity index (χ4n) is 4.19. The molecule has 1 atom stereocenters. The van der Waals surface area contributed by atoms with Crippen molar-refractivity contribution in [1.29, 1.82) is 0 Å². The number of hydrogen-bond donors (Lipinski definition) is 1. The minimum absolute atomic E-state index is 0.0923. The average Bonchev–Trinajstić information content (AvgIpc) is 3.32. The molecule has 1 aliphatic carbocycles. The van der Waals surface area contributed by atoms with Crippen LogP contribution in [0.5, 0.6) is 0 Å². The van der Waals surface area contributed by atoms with E-state index in [1.807, 2.05) is 6.20 Å². The maximum atomic E-state index is 13.4. The molecule has 144 valence electrons. The van der Waals surface area contributed by atoms with Crippen LogP contribution in [0.3, 0.4) is 0 Å². The molecule has 27 heavy (non-hydrogen) atoms. The second-order valence-electron chi connectivity index (χ2n) is 7.36. The summed E-state index contributed by atoms with van der Waals surface area (Å²) in [6, 6.07) is 5.99. The highest BCUT2D eigenvalue weighted by Crippen LogP contribution is 2.41. The number of aryl methyl sites for hydroxylation is 1. The van der Waals surface area contributed by atoms with Crippen molar-refractivity contribution in [2.75, 3.05) is 0 Å². The Morgan fingerprint density at radius 1 is 1.22 bits per heavy atom. The third-order valence-corrected chi connectivity index (χ3v) is 8.51. The fraction of sp³-hybridized carbons (Fsp3) is 0.474. The fourth-order valence-corrected chi connectivity index (χ4v) is 6.40. The molecule has 0 saturated heterocycles. The van der Waals surface area contributed by atoms with Crippen molar-refractivity contribution in [2.24, 2.45) is 0 Å². The highest BCUT2D eigenvalue weighted by molar-refractivity contribution is 7.93. The van der Waals surface area contributed by atoms with E-state index in [-0.39, 0.29) is 16.8 Å². The summed E-state index contributed by atoms with van der Waals surface area (Å²) >= 11 is 5.90. The van der Waals surface area contributed by atoms with E-state index >= 15 is 0 Å². The van der Waals surface area contributed by atoms with Crippen LogP contribution < -0.4 is 5.32 Å². The van der Waals surface area contributed by atoms with E-state index in [9.17, 15) is 13.2 Å². The maximum absolute atomic E-state index is 13.4. The van der Waals surface area contributed by atoms with Crippen molar-refractivity contribution in [1.82, 2.24) is 14.9 Å². The lowest BCUT2D eigenvalue weighted by atomic mass is 10.0. The van der Waals surface area contributed by atoms with Gasteiger partial charge in [0.05, 0.1) is 4.90 Å². The van der Waals surface area contributed by atoms with Crippen molar-refractivity contribution in [2.45, 2.75) is 60.8 Å². The summed E-state index contributed by atoms with van der Waals surface area (Å²) in [5.74, 6) is 0.549. The predicted octanol–water partition coefficient (Wildman–Crippen LogP) is 2.75. The van der Waals surface area contributed by atoms with Crippen molar-refractivity contribution in [3.8, 4) is 0 Å². The number of halogens is 1. The molecular weight excluding hydrogens is 386 g/mol. The Kier molecular flexibility index (Phi) is 4.76. The van der Waals surface area contributed by atoms with Crippen LogP contribution in [0.25, 0.3) is 0 Å². The number of imidazole rings is 1. The Bertz CT molecular complexity index is 947. The van der Waals surface area contributed by atoms with Gasteiger partial charge >= 0.3 is 0 Å². The summed E-state index contributed by atoms with van der Waals surface area (Å²) in [7, 11) is -3.81. The van der Waals surface area contributed by atoms with Crippen LogP contribution in [0.15, 0.2) is 41.6 Å². The lowest BCUT2D eigenvalue weighted by molar-refractivity contribution is -0.124. The van der Waals surface area contributed by atoms with Gasteiger partial charge in [0, 0.05) is 36.4 Å². The highest BCUT2D eigenvalue weighted by Gasteiger charge is 2.53. The lowest BCUT2D eigenvalue weighted by Crippen LogP contribution is -2.54. The van der Waals surface area contributed by atoms with Gasteiger partial charge in [-0.1, -0.05) is 24.4 Å². The molecule has 1 fully saturated rings. The number of hydrogen-bond acceptors (Lipinski definition) is 4. The molecule has 2 aliphatic rings. The topological polar surface area (TPSA) is 81.1 Å². The van der Waals surface area contributed by atoms with Crippen LogP contribution in [0.1, 0.15) is 37.9 Å². The number of rotatable bonds is 4. The highest BCUT2D eigenvalue weighted by atomic mass is 35.5. The average molecular weight is 408 g/mol. The van der Waals surface area contributed by atoms with E-state index in [1.54, 1.807) is 18.3 Å². The van der Waals surface area contributed by atoms with Gasteiger partial charge in [0.25, 0.3) is 0 Å². The van der Waals surface area contributed by atoms with Gasteiger partial charge in [-0.3, -0.25) is 4.79 Å². The molecule has 0 spiro atoms. The first-order chi connectivity index (χ1) is 12.9. The summed E-state index contributed by atoms with van der Waals surface area (Å²) in [4.78, 5) is 17.7. The molecule has 1 aliphatic heterocycles. The van der Waals surface area contributed by atoms with Crippen LogP contribution in [-0.4, -0.2) is 34.7 Å². The molecule has 0 bridgehead atoms. The van der Waals surface area contributed by atoms with Gasteiger partial charge in [-0.25, -0.2) is 13.4 Å². The number of carbonyl (C=O) groups excluding carboxylic acids is 1. The molecule has 1 N–H and O–H groups in total. The summed E-state index contributed by atoms with van der Waals surface area (Å²) in [6.07, 6.45) is 7.24. The Hall–Kier alpha value is -1.86. The minimum atomic E-state index is -3.81. The van der Waals surface area contributed by atoms with Crippen molar-refractivity contribution in [3.63, 3.8) is 0 Å². The summed E-state index contributed by atoms with van der Waals surface area (Å²) in [5, 5.41) is 3.49. The largest absolute Gasteiger partial charge is 0.351 e. The van der Waals surface area contributed by atoms with Crippen molar-refractivity contribution < 1.29 is 13.2 Å². The van der Waals surface area contributed by atoms with E-state index in [1.165, 1.54) is 12.1 Å². The summed E-state index contributed by atoms with van der Waals surface area (Å²) in [6.45, 7) is 0.775. The van der Waals surface area contributed by atoms with E-state index in [0.29, 0.717) is 24.3 Å². The van der Waals surface area contributed by atoms with Gasteiger partial charge in [0.1, 0.15) is 5.82 Å². The van der Waals surface area contributed by atoms with Crippen LogP contribution >= 0.6 is 11.6 Å². The first-order valence-electron chi connectivity index (χ1n) is 9.24. The Morgan fingerprint density at radius 3 is 2.63 bits per heavy atom. The van der Waals surface area contributed by atoms with Crippen molar-refractivity contribution in [3.05, 3.63) is 47.5 Å². The molecule has 8 heteroatoms. The zero-order chi connectivity index (χ0) is 19.1. The summed E-state index contributed by atoms with van der Waals surface area (Å²) < 4.78 is 27.4. The number of nitrogens with one attached hydrogen (secondary N) is 1. The molecule has 0 radical (unpaired) electrons. The van der Waals surface area contributed by atoms with E-state index in [2.05, 4.69) is 14.9 Å². The standard InChI is InChI=1S/C19H22ClN3O3S/c20-14-3-5-16(6-4-14)27(25,26)19(8-1-2-9-19)18(24)22-15-7-11-23-12-10-21-17(23)13-15/h3-6,10,12,15H,1-2,7-9,11,13H2,(H,22,24). The second-order valence-corrected chi connectivity index (χ2v) is 10.1. The Labute approximate surface area is 163 Å². The first-order valence-corrected chi connectivity index (χ1v) is 11.1. The summed E-state index contributed by atoms with van der Waals surface area (Å²) in [5.41, 5.74) is 0. The molecule has 6 nitrogen and oxygen atoms in total. The Morgan fingerprint density at radius 2 is 1.93 bits per heavy atom. The number of nitrogens with zero attached hydrogens (tertiary/aromatic N) is 2.